The Morgan fingerprint density at radius 3 is 2.56 bits per heavy atom. The fourth-order valence-electron chi connectivity index (χ4n) is 2.27. The Hall–Kier alpha value is -2.03. The number of H-pyrrole nitrogens is 1. The van der Waals surface area contributed by atoms with Crippen LogP contribution in [-0.4, -0.2) is 59.3 Å². The van der Waals surface area contributed by atoms with Crippen LogP contribution >= 0.6 is 0 Å². The molecule has 2 rings (SSSR count). The van der Waals surface area contributed by atoms with Gasteiger partial charge in [0.15, 0.2) is 5.69 Å². The van der Waals surface area contributed by atoms with E-state index in [1.165, 1.54) is 4.90 Å². The molecule has 1 unspecified atom stereocenters. The molecule has 2 heterocycles. The summed E-state index contributed by atoms with van der Waals surface area (Å²) in [6.45, 7) is 8.16. The van der Waals surface area contributed by atoms with Gasteiger partial charge in [0.2, 0.25) is 0 Å². The third kappa shape index (κ3) is 6.08. The fraction of sp³-hybridized carbons (Fsp3) is 0.688. The maximum Gasteiger partial charge on any atom is 0.359 e. The molecule has 9 heteroatoms. The average molecular weight is 361 g/mol. The van der Waals surface area contributed by atoms with Crippen LogP contribution in [0.1, 0.15) is 49.4 Å². The molecular formula is C16H25F2N3O4. The summed E-state index contributed by atoms with van der Waals surface area (Å²) in [6, 6.07) is -0.840. The smallest absolute Gasteiger partial charge is 0.359 e. The van der Waals surface area contributed by atoms with Gasteiger partial charge in [-0.25, -0.2) is 13.6 Å². The van der Waals surface area contributed by atoms with Gasteiger partial charge in [-0.3, -0.25) is 14.8 Å². The minimum Gasteiger partial charge on any atom is -0.462 e. The summed E-state index contributed by atoms with van der Waals surface area (Å²) in [5.41, 5.74) is 1.14. The molecule has 25 heavy (non-hydrogen) atoms. The third-order valence-electron chi connectivity index (χ3n) is 3.50. The molecule has 0 bridgehead atoms. The highest BCUT2D eigenvalue weighted by Crippen LogP contribution is 2.26. The molecule has 0 saturated carbocycles. The highest BCUT2D eigenvalue weighted by Gasteiger charge is 2.34. The molecular weight excluding hydrogens is 336 g/mol. The van der Waals surface area contributed by atoms with Gasteiger partial charge in [-0.15, -0.1) is 0 Å². The maximum atomic E-state index is 12.8. The van der Waals surface area contributed by atoms with E-state index in [1.54, 1.807) is 14.0 Å². The van der Waals surface area contributed by atoms with E-state index in [4.69, 9.17) is 4.74 Å². The van der Waals surface area contributed by atoms with Gasteiger partial charge >= 0.3 is 5.97 Å². The van der Waals surface area contributed by atoms with Crippen molar-refractivity contribution in [1.29, 1.82) is 0 Å². The van der Waals surface area contributed by atoms with Gasteiger partial charge in [-0.2, -0.15) is 5.10 Å². The second kappa shape index (κ2) is 8.89. The first-order valence-corrected chi connectivity index (χ1v) is 7.93. The van der Waals surface area contributed by atoms with Crippen LogP contribution in [0.5, 0.6) is 0 Å². The van der Waals surface area contributed by atoms with E-state index < -0.39 is 18.4 Å². The summed E-state index contributed by atoms with van der Waals surface area (Å²) in [4.78, 5) is 22.8. The molecule has 142 valence electrons. The topological polar surface area (TPSA) is 84.5 Å². The van der Waals surface area contributed by atoms with Crippen molar-refractivity contribution in [2.45, 2.75) is 58.7 Å². The number of hydrogen-bond donors (Lipinski definition) is 1. The van der Waals surface area contributed by atoms with Crippen molar-refractivity contribution in [3.8, 4) is 0 Å². The lowest BCUT2D eigenvalue weighted by atomic mass is 9.99. The number of halogens is 2. The summed E-state index contributed by atoms with van der Waals surface area (Å²) in [5.74, 6) is -0.515. The second-order valence-electron chi connectivity index (χ2n) is 6.60. The van der Waals surface area contributed by atoms with Crippen LogP contribution in [0, 0.1) is 0 Å². The molecule has 7 nitrogen and oxygen atoms in total. The van der Waals surface area contributed by atoms with Crippen LogP contribution in [0.25, 0.3) is 0 Å². The van der Waals surface area contributed by atoms with E-state index in [-0.39, 0.29) is 30.9 Å². The van der Waals surface area contributed by atoms with Crippen molar-refractivity contribution in [2.75, 3.05) is 13.7 Å². The molecule has 1 aromatic rings. The maximum absolute atomic E-state index is 12.8. The monoisotopic (exact) mass is 361 g/mol. The number of fused-ring (bicyclic) bond motifs is 1. The van der Waals surface area contributed by atoms with Gasteiger partial charge < -0.3 is 9.47 Å². The quantitative estimate of drug-likeness (QED) is 0.654. The number of ether oxygens (including phenoxy) is 2. The summed E-state index contributed by atoms with van der Waals surface area (Å²) in [5, 5.41) is 6.53. The molecule has 0 saturated heterocycles. The fourth-order valence-corrected chi connectivity index (χ4v) is 2.27. The first-order valence-electron chi connectivity index (χ1n) is 7.93. The van der Waals surface area contributed by atoms with Crippen molar-refractivity contribution in [1.82, 2.24) is 15.1 Å². The van der Waals surface area contributed by atoms with E-state index >= 15 is 0 Å². The highest BCUT2D eigenvalue weighted by atomic mass is 19.3. The molecule has 1 aromatic heterocycles. The van der Waals surface area contributed by atoms with Crippen molar-refractivity contribution < 1.29 is 27.8 Å². The number of likely N-dealkylation sites (N-methyl/N-ethyl adjacent to an activating group) is 1. The molecule has 0 fully saturated rings. The molecule has 1 aliphatic heterocycles. The minimum atomic E-state index is -2.42. The second-order valence-corrected chi connectivity index (χ2v) is 6.60. The molecule has 1 aliphatic rings. The molecule has 1 N–H and O–H groups in total. The van der Waals surface area contributed by atoms with Crippen molar-refractivity contribution in [2.24, 2.45) is 0 Å². The Kier molecular flexibility index (Phi) is 7.47. The number of nitrogens with one attached hydrogen (secondary N) is 1. The van der Waals surface area contributed by atoms with E-state index in [0.29, 0.717) is 17.7 Å². The Balaban J connectivity index is 0.000000381. The summed E-state index contributed by atoms with van der Waals surface area (Å²) in [6.07, 6.45) is -2.26. The number of aromatic amines is 1. The number of hydrogen-bond acceptors (Lipinski definition) is 6. The van der Waals surface area contributed by atoms with Gasteiger partial charge in [0.1, 0.15) is 5.60 Å². The molecule has 0 radical (unpaired) electrons. The first kappa shape index (κ1) is 21.0. The predicted octanol–water partition coefficient (Wildman–Crippen LogP) is 2.17. The molecule has 0 aromatic carbocycles. The zero-order valence-electron chi connectivity index (χ0n) is 15.1. The predicted molar refractivity (Wildman–Crippen MR) is 86.4 cm³/mol. The van der Waals surface area contributed by atoms with Crippen LogP contribution in [0.15, 0.2) is 0 Å². The summed E-state index contributed by atoms with van der Waals surface area (Å²) in [7, 11) is 1.61. The Bertz CT molecular complexity index is 584. The lowest BCUT2D eigenvalue weighted by Gasteiger charge is -2.31. The van der Waals surface area contributed by atoms with Crippen LogP contribution in [-0.2, 0) is 27.2 Å². The lowest BCUT2D eigenvalue weighted by Crippen LogP contribution is -2.42. The molecule has 0 spiro atoms. The number of rotatable bonds is 4. The van der Waals surface area contributed by atoms with Crippen molar-refractivity contribution in [3.63, 3.8) is 0 Å². The Labute approximate surface area is 145 Å². The number of nitrogens with zero attached hydrogens (tertiary/aromatic N) is 2. The largest absolute Gasteiger partial charge is 0.462 e. The van der Waals surface area contributed by atoms with Gasteiger partial charge in [0.05, 0.1) is 12.6 Å². The standard InChI is InChI=1S/C11H15F2N3O2.C5H10O2/c1-3-18-11(17)9-6-5-16(2)8(10(12)13)4-7(6)14-15-9;1-5(2,3)7-4-6/h8,10H,3-5H2,1-2H3,(H,14,15);4H,1-3H3. The summed E-state index contributed by atoms with van der Waals surface area (Å²) < 4.78 is 35.0. The van der Waals surface area contributed by atoms with Gasteiger partial charge in [0.25, 0.3) is 12.9 Å². The van der Waals surface area contributed by atoms with E-state index in [2.05, 4.69) is 14.9 Å². The van der Waals surface area contributed by atoms with Crippen molar-refractivity contribution in [3.05, 3.63) is 17.0 Å². The highest BCUT2D eigenvalue weighted by molar-refractivity contribution is 5.89. The first-order chi connectivity index (χ1) is 11.6. The van der Waals surface area contributed by atoms with E-state index in [9.17, 15) is 18.4 Å². The van der Waals surface area contributed by atoms with E-state index in [1.807, 2.05) is 20.8 Å². The molecule has 0 amide bonds. The molecule has 0 aliphatic carbocycles. The Morgan fingerprint density at radius 2 is 2.12 bits per heavy atom. The SMILES string of the molecule is CC(C)(C)OC=O.CCOC(=O)c1n[nH]c2c1CN(C)C(C(F)F)C2. The van der Waals surface area contributed by atoms with Crippen LogP contribution in [0.2, 0.25) is 0 Å². The zero-order chi connectivity index (χ0) is 19.2. The number of esters is 1. The van der Waals surface area contributed by atoms with Crippen LogP contribution < -0.4 is 0 Å². The van der Waals surface area contributed by atoms with Gasteiger partial charge in [-0.05, 0) is 34.7 Å². The third-order valence-corrected chi connectivity index (χ3v) is 3.50. The van der Waals surface area contributed by atoms with Crippen molar-refractivity contribution >= 4 is 12.4 Å². The number of carbonyl (C=O) groups excluding carboxylic acids is 2. The Morgan fingerprint density at radius 1 is 1.48 bits per heavy atom. The van der Waals surface area contributed by atoms with E-state index in [0.717, 1.165) is 0 Å². The van der Waals surface area contributed by atoms with Crippen LogP contribution in [0.3, 0.4) is 0 Å². The number of carbonyl (C=O) groups is 2. The number of aromatic nitrogens is 2. The summed E-state index contributed by atoms with van der Waals surface area (Å²) >= 11 is 0. The van der Waals surface area contributed by atoms with Gasteiger partial charge in [0, 0.05) is 24.2 Å². The molecule has 1 atom stereocenters. The van der Waals surface area contributed by atoms with Crippen LogP contribution in [0.4, 0.5) is 8.78 Å². The number of alkyl halides is 2. The van der Waals surface area contributed by atoms with Gasteiger partial charge in [-0.1, -0.05) is 0 Å². The average Bonchev–Trinajstić information content (AvgIpc) is 2.88. The lowest BCUT2D eigenvalue weighted by molar-refractivity contribution is -0.138. The normalized spacial score (nSPS) is 17.4. The zero-order valence-corrected chi connectivity index (χ0v) is 15.1. The minimum absolute atomic E-state index is 0.163.